The first-order valence-electron chi connectivity index (χ1n) is 8.46. The quantitative estimate of drug-likeness (QED) is 0.251. The molecule has 0 saturated carbocycles. The molecule has 26 heavy (non-hydrogen) atoms. The summed E-state index contributed by atoms with van der Waals surface area (Å²) in [5, 5.41) is 4.04. The van der Waals surface area contributed by atoms with Crippen molar-refractivity contribution in [2.45, 2.75) is 32.3 Å². The van der Waals surface area contributed by atoms with Crippen LogP contribution in [0.1, 0.15) is 15.9 Å². The molecule has 0 aliphatic heterocycles. The minimum Gasteiger partial charge on any atom is -0.489 e. The molecule has 2 rings (SSSR count). The van der Waals surface area contributed by atoms with Crippen LogP contribution in [0.2, 0.25) is 25.7 Å². The van der Waals surface area contributed by atoms with Crippen molar-refractivity contribution in [3.8, 4) is 11.5 Å². The van der Waals surface area contributed by atoms with Gasteiger partial charge >= 0.3 is 5.97 Å². The lowest BCUT2D eigenvalue weighted by molar-refractivity contribution is 0.0205. The number of carbonyl (C=O) groups excluding carboxylic acids is 1. The molecule has 0 atom stereocenters. The van der Waals surface area contributed by atoms with Gasteiger partial charge in [-0.05, 0) is 40.6 Å². The van der Waals surface area contributed by atoms with Crippen LogP contribution in [0, 0.1) is 0 Å². The normalized spacial score (nSPS) is 11.2. The Labute approximate surface area is 159 Å². The maximum atomic E-state index is 11.9. The molecule has 5 nitrogen and oxygen atoms in total. The Morgan fingerprint density at radius 2 is 1.96 bits per heavy atom. The molecule has 142 valence electrons. The van der Waals surface area contributed by atoms with Gasteiger partial charge in [-0.25, -0.2) is 4.79 Å². The molecule has 2 aromatic rings. The lowest BCUT2D eigenvalue weighted by Crippen LogP contribution is -2.22. The molecule has 0 aliphatic rings. The number of ether oxygens (including phenoxy) is 4. The van der Waals surface area contributed by atoms with Crippen LogP contribution in [0.4, 0.5) is 0 Å². The fourth-order valence-corrected chi connectivity index (χ4v) is 3.48. The fourth-order valence-electron chi connectivity index (χ4n) is 2.07. The molecule has 0 amide bonds. The lowest BCUT2D eigenvalue weighted by Gasteiger charge is -2.16. The van der Waals surface area contributed by atoms with Crippen LogP contribution in [0.5, 0.6) is 11.5 Å². The lowest BCUT2D eigenvalue weighted by atomic mass is 10.2. The van der Waals surface area contributed by atoms with Gasteiger partial charge in [-0.2, -0.15) is 11.3 Å². The van der Waals surface area contributed by atoms with Gasteiger partial charge in [-0.3, -0.25) is 0 Å². The highest BCUT2D eigenvalue weighted by Gasteiger charge is 2.15. The Balaban J connectivity index is 1.97. The molecule has 0 aliphatic carbocycles. The van der Waals surface area contributed by atoms with Crippen molar-refractivity contribution in [1.29, 1.82) is 0 Å². The van der Waals surface area contributed by atoms with E-state index in [0.717, 1.165) is 11.6 Å². The molecule has 1 aromatic heterocycles. The van der Waals surface area contributed by atoms with Gasteiger partial charge in [-0.1, -0.05) is 19.6 Å². The molecular formula is C19H26O5SSi. The van der Waals surface area contributed by atoms with Gasteiger partial charge in [0.25, 0.3) is 0 Å². The van der Waals surface area contributed by atoms with Crippen molar-refractivity contribution in [3.63, 3.8) is 0 Å². The first kappa shape index (κ1) is 20.5. The molecule has 0 radical (unpaired) electrons. The summed E-state index contributed by atoms with van der Waals surface area (Å²) < 4.78 is 21.8. The van der Waals surface area contributed by atoms with Crippen LogP contribution in [0.25, 0.3) is 0 Å². The summed E-state index contributed by atoms with van der Waals surface area (Å²) in [4.78, 5) is 11.9. The van der Waals surface area contributed by atoms with Crippen molar-refractivity contribution in [2.75, 3.05) is 20.5 Å². The largest absolute Gasteiger partial charge is 0.489 e. The van der Waals surface area contributed by atoms with Gasteiger partial charge in [0.05, 0.1) is 7.11 Å². The highest BCUT2D eigenvalue weighted by molar-refractivity contribution is 7.07. The number of esters is 1. The Morgan fingerprint density at radius 1 is 1.15 bits per heavy atom. The van der Waals surface area contributed by atoms with E-state index in [2.05, 4.69) is 19.6 Å². The minimum absolute atomic E-state index is 0.0858. The van der Waals surface area contributed by atoms with E-state index in [-0.39, 0.29) is 6.79 Å². The molecule has 0 N–H and O–H groups in total. The molecule has 7 heteroatoms. The Morgan fingerprint density at radius 3 is 2.62 bits per heavy atom. The summed E-state index contributed by atoms with van der Waals surface area (Å²) in [6.07, 6.45) is 0. The summed E-state index contributed by atoms with van der Waals surface area (Å²) in [5.74, 6) is 0.570. The molecule has 1 heterocycles. The van der Waals surface area contributed by atoms with Crippen LogP contribution < -0.4 is 9.47 Å². The number of methoxy groups -OCH3 is 1. The van der Waals surface area contributed by atoms with Crippen LogP contribution >= 0.6 is 11.3 Å². The van der Waals surface area contributed by atoms with Gasteiger partial charge < -0.3 is 18.9 Å². The first-order chi connectivity index (χ1) is 12.4. The molecular weight excluding hydrogens is 368 g/mol. The number of rotatable bonds is 10. The van der Waals surface area contributed by atoms with Crippen LogP contribution in [-0.2, 0) is 16.1 Å². The third kappa shape index (κ3) is 6.82. The Bertz CT molecular complexity index is 694. The second-order valence-electron chi connectivity index (χ2n) is 7.05. The molecule has 0 spiro atoms. The second kappa shape index (κ2) is 9.75. The van der Waals surface area contributed by atoms with E-state index in [1.54, 1.807) is 29.5 Å². The second-order valence-corrected chi connectivity index (χ2v) is 13.5. The summed E-state index contributed by atoms with van der Waals surface area (Å²) >= 11 is 1.62. The molecule has 0 saturated heterocycles. The Kier molecular flexibility index (Phi) is 7.68. The number of carbonyl (C=O) groups is 1. The van der Waals surface area contributed by atoms with E-state index in [1.165, 1.54) is 7.11 Å². The summed E-state index contributed by atoms with van der Waals surface area (Å²) in [6, 6.07) is 8.14. The van der Waals surface area contributed by atoms with Crippen LogP contribution in [0.15, 0.2) is 35.0 Å². The number of hydrogen-bond donors (Lipinski definition) is 0. The van der Waals surface area contributed by atoms with E-state index in [1.807, 2.05) is 16.8 Å². The van der Waals surface area contributed by atoms with Crippen molar-refractivity contribution in [3.05, 3.63) is 46.2 Å². The predicted molar refractivity (Wildman–Crippen MR) is 106 cm³/mol. The first-order valence-corrected chi connectivity index (χ1v) is 13.1. The number of thiophene rings is 1. The van der Waals surface area contributed by atoms with Crippen molar-refractivity contribution in [1.82, 2.24) is 0 Å². The smallest absolute Gasteiger partial charge is 0.341 e. The standard InChI is InChI=1S/C19H26O5SSi/c1-21-19(20)17-6-5-16(23-12-15-7-9-25-13-15)11-18(17)24-14-22-8-10-26(2,3)4/h5-7,9,11,13H,8,10,12,14H2,1-4H3. The molecule has 0 bridgehead atoms. The predicted octanol–water partition coefficient (Wildman–Crippen LogP) is 4.80. The number of hydrogen-bond acceptors (Lipinski definition) is 6. The summed E-state index contributed by atoms with van der Waals surface area (Å²) in [7, 11) is 0.204. The van der Waals surface area contributed by atoms with E-state index < -0.39 is 14.0 Å². The molecule has 0 fully saturated rings. The average molecular weight is 395 g/mol. The molecule has 1 aromatic carbocycles. The highest BCUT2D eigenvalue weighted by Crippen LogP contribution is 2.26. The monoisotopic (exact) mass is 394 g/mol. The van der Waals surface area contributed by atoms with Crippen LogP contribution in [0.3, 0.4) is 0 Å². The van der Waals surface area contributed by atoms with Crippen molar-refractivity contribution < 1.29 is 23.7 Å². The molecule has 0 unspecified atom stereocenters. The number of benzene rings is 1. The van der Waals surface area contributed by atoms with Gasteiger partial charge in [-0.15, -0.1) is 0 Å². The van der Waals surface area contributed by atoms with Gasteiger partial charge in [0.1, 0.15) is 23.7 Å². The maximum absolute atomic E-state index is 11.9. The Hall–Kier alpha value is -1.83. The third-order valence-electron chi connectivity index (χ3n) is 3.64. The zero-order valence-corrected chi connectivity index (χ0v) is 17.6. The van der Waals surface area contributed by atoms with E-state index in [0.29, 0.717) is 30.3 Å². The zero-order chi connectivity index (χ0) is 19.0. The summed E-state index contributed by atoms with van der Waals surface area (Å²) in [5.41, 5.74) is 1.45. The highest BCUT2D eigenvalue weighted by atomic mass is 32.1. The van der Waals surface area contributed by atoms with Crippen molar-refractivity contribution >= 4 is 25.4 Å². The minimum atomic E-state index is -1.14. The van der Waals surface area contributed by atoms with Crippen LogP contribution in [-0.4, -0.2) is 34.6 Å². The topological polar surface area (TPSA) is 54.0 Å². The maximum Gasteiger partial charge on any atom is 0.341 e. The van der Waals surface area contributed by atoms with Gasteiger partial charge in [0.2, 0.25) is 0 Å². The average Bonchev–Trinajstić information content (AvgIpc) is 3.11. The van der Waals surface area contributed by atoms with E-state index in [4.69, 9.17) is 18.9 Å². The fraction of sp³-hybridized carbons (Fsp3) is 0.421. The van der Waals surface area contributed by atoms with Crippen molar-refractivity contribution in [2.24, 2.45) is 0 Å². The van der Waals surface area contributed by atoms with Gasteiger partial charge in [0, 0.05) is 20.7 Å². The van der Waals surface area contributed by atoms with E-state index >= 15 is 0 Å². The van der Waals surface area contributed by atoms with Gasteiger partial charge in [0.15, 0.2) is 6.79 Å². The summed E-state index contributed by atoms with van der Waals surface area (Å²) in [6.45, 7) is 8.08. The zero-order valence-electron chi connectivity index (χ0n) is 15.7. The SMILES string of the molecule is COC(=O)c1ccc(OCc2ccsc2)cc1OCOCC[Si](C)(C)C. The third-order valence-corrected chi connectivity index (χ3v) is 6.07. The van der Waals surface area contributed by atoms with E-state index in [9.17, 15) is 4.79 Å².